The molecule has 3 fully saturated rings. The first-order valence-electron chi connectivity index (χ1n) is 8.89. The quantitative estimate of drug-likeness (QED) is 0.844. The van der Waals surface area contributed by atoms with Gasteiger partial charge < -0.3 is 14.1 Å². The van der Waals surface area contributed by atoms with E-state index < -0.39 is 0 Å². The van der Waals surface area contributed by atoms with Crippen molar-refractivity contribution in [2.24, 2.45) is 5.92 Å². The zero-order valence-corrected chi connectivity index (χ0v) is 14.1. The number of amides is 1. The molecule has 0 aromatic carbocycles. The van der Waals surface area contributed by atoms with Gasteiger partial charge in [0.1, 0.15) is 6.26 Å². The summed E-state index contributed by atoms with van der Waals surface area (Å²) in [7, 11) is 1.41. The molecule has 1 saturated carbocycles. The van der Waals surface area contributed by atoms with Crippen molar-refractivity contribution in [1.82, 2.24) is 9.80 Å². The number of nitrogens with zero attached hydrogens (tertiary/aromatic N) is 2. The third-order valence-electron chi connectivity index (χ3n) is 5.64. The second-order valence-electron chi connectivity index (χ2n) is 7.16. The maximum Gasteiger partial charge on any atom is 0.289 e. The molecule has 2 saturated heterocycles. The average molecular weight is 332 g/mol. The molecule has 1 aromatic heterocycles. The van der Waals surface area contributed by atoms with Gasteiger partial charge in [-0.25, -0.2) is 0 Å². The topological polar surface area (TPSA) is 63.0 Å². The lowest BCUT2D eigenvalue weighted by molar-refractivity contribution is 0.0159. The van der Waals surface area contributed by atoms with Gasteiger partial charge >= 0.3 is 0 Å². The normalized spacial score (nSPS) is 27.6. The van der Waals surface area contributed by atoms with Crippen LogP contribution in [-0.2, 0) is 0 Å². The van der Waals surface area contributed by atoms with Crippen molar-refractivity contribution < 1.29 is 13.9 Å². The van der Waals surface area contributed by atoms with Crippen LogP contribution in [0.2, 0.25) is 0 Å². The maximum atomic E-state index is 12.7. The van der Waals surface area contributed by atoms with E-state index in [0.717, 1.165) is 25.6 Å². The summed E-state index contributed by atoms with van der Waals surface area (Å²) in [6.07, 6.45) is 7.32. The Bertz CT molecular complexity index is 682. The van der Waals surface area contributed by atoms with E-state index in [2.05, 4.69) is 4.90 Å². The molecule has 6 nitrogen and oxygen atoms in total. The molecule has 0 radical (unpaired) electrons. The zero-order chi connectivity index (χ0) is 16.7. The van der Waals surface area contributed by atoms with Crippen LogP contribution in [0.25, 0.3) is 0 Å². The molecule has 0 spiro atoms. The van der Waals surface area contributed by atoms with E-state index >= 15 is 0 Å². The molecule has 2 aliphatic heterocycles. The summed E-state index contributed by atoms with van der Waals surface area (Å²) >= 11 is 0. The summed E-state index contributed by atoms with van der Waals surface area (Å²) in [5.41, 5.74) is -0.320. The Kier molecular flexibility index (Phi) is 4.08. The second kappa shape index (κ2) is 6.24. The lowest BCUT2D eigenvalue weighted by Gasteiger charge is -2.47. The van der Waals surface area contributed by atoms with E-state index in [4.69, 9.17) is 9.15 Å². The fourth-order valence-corrected chi connectivity index (χ4v) is 4.30. The molecule has 4 rings (SSSR count). The first kappa shape index (κ1) is 15.7. The summed E-state index contributed by atoms with van der Waals surface area (Å²) in [5.74, 6) is 0.588. The van der Waals surface area contributed by atoms with E-state index in [-0.39, 0.29) is 22.8 Å². The highest BCUT2D eigenvalue weighted by atomic mass is 16.5. The summed E-state index contributed by atoms with van der Waals surface area (Å²) in [6, 6.07) is 2.66. The summed E-state index contributed by atoms with van der Waals surface area (Å²) in [6.45, 7) is 2.72. The minimum absolute atomic E-state index is 0.106. The number of likely N-dealkylation sites (tertiary alicyclic amines) is 2. The highest BCUT2D eigenvalue weighted by Crippen LogP contribution is 2.38. The zero-order valence-electron chi connectivity index (χ0n) is 14.1. The highest BCUT2D eigenvalue weighted by molar-refractivity contribution is 5.91. The van der Waals surface area contributed by atoms with Crippen molar-refractivity contribution in [3.63, 3.8) is 0 Å². The summed E-state index contributed by atoms with van der Waals surface area (Å²) < 4.78 is 10.2. The predicted molar refractivity (Wildman–Crippen MR) is 88.3 cm³/mol. The monoisotopic (exact) mass is 332 g/mol. The number of carbonyl (C=O) groups excluding carboxylic acids is 1. The van der Waals surface area contributed by atoms with Crippen LogP contribution in [0.4, 0.5) is 0 Å². The number of hydrogen-bond acceptors (Lipinski definition) is 5. The molecule has 1 aliphatic carbocycles. The third kappa shape index (κ3) is 2.83. The van der Waals surface area contributed by atoms with E-state index in [0.29, 0.717) is 12.0 Å². The predicted octanol–water partition coefficient (Wildman–Crippen LogP) is 1.74. The Morgan fingerprint density at radius 3 is 2.79 bits per heavy atom. The number of carbonyl (C=O) groups is 1. The summed E-state index contributed by atoms with van der Waals surface area (Å²) in [4.78, 5) is 29.1. The molecule has 2 atom stereocenters. The van der Waals surface area contributed by atoms with Gasteiger partial charge in [-0.3, -0.25) is 14.5 Å². The first-order chi connectivity index (χ1) is 11.7. The first-order valence-corrected chi connectivity index (χ1v) is 8.89. The Morgan fingerprint density at radius 1 is 1.25 bits per heavy atom. The van der Waals surface area contributed by atoms with Crippen LogP contribution in [-0.4, -0.2) is 54.5 Å². The van der Waals surface area contributed by atoms with Crippen LogP contribution >= 0.6 is 0 Å². The fraction of sp³-hybridized carbons (Fsp3) is 0.667. The molecule has 3 heterocycles. The molecule has 1 amide bonds. The van der Waals surface area contributed by atoms with Crippen molar-refractivity contribution in [2.45, 2.75) is 44.2 Å². The maximum absolute atomic E-state index is 12.7. The van der Waals surface area contributed by atoms with E-state index in [1.54, 1.807) is 0 Å². The van der Waals surface area contributed by atoms with Gasteiger partial charge in [-0.15, -0.1) is 0 Å². The van der Waals surface area contributed by atoms with E-state index in [1.165, 1.54) is 51.7 Å². The number of fused-ring (bicyclic) bond motifs is 1. The van der Waals surface area contributed by atoms with Gasteiger partial charge in [0.2, 0.25) is 11.2 Å². The third-order valence-corrected chi connectivity index (χ3v) is 5.64. The average Bonchev–Trinajstić information content (AvgIpc) is 3.45. The van der Waals surface area contributed by atoms with Crippen LogP contribution < -0.4 is 10.2 Å². The van der Waals surface area contributed by atoms with Crippen molar-refractivity contribution >= 4 is 5.91 Å². The molecular formula is C18H24N2O4. The van der Waals surface area contributed by atoms with Crippen LogP contribution in [0, 0.1) is 5.92 Å². The second-order valence-corrected chi connectivity index (χ2v) is 7.16. The molecule has 0 unspecified atom stereocenters. The highest BCUT2D eigenvalue weighted by Gasteiger charge is 2.42. The smallest absolute Gasteiger partial charge is 0.289 e. The molecule has 3 aliphatic rings. The van der Waals surface area contributed by atoms with Crippen molar-refractivity contribution in [3.05, 3.63) is 28.3 Å². The lowest BCUT2D eigenvalue weighted by atomic mass is 9.83. The Hall–Kier alpha value is -1.82. The Balaban J connectivity index is 1.47. The largest absolute Gasteiger partial charge is 0.490 e. The van der Waals surface area contributed by atoms with Crippen LogP contribution in [0.5, 0.6) is 5.75 Å². The molecule has 24 heavy (non-hydrogen) atoms. The number of methoxy groups -OCH3 is 1. The Morgan fingerprint density at radius 2 is 2.08 bits per heavy atom. The SMILES string of the molecule is COc1coc(C(=O)N2CC[C@@H]3[C@@H](CCCN3C3CC3)C2)cc1=O. The van der Waals surface area contributed by atoms with E-state index in [9.17, 15) is 9.59 Å². The van der Waals surface area contributed by atoms with Crippen molar-refractivity contribution in [2.75, 3.05) is 26.7 Å². The standard InChI is InChI=1S/C18H24N2O4/c1-23-17-11-24-16(9-15(17)21)18(22)19-8-6-14-12(10-19)3-2-7-20(14)13-4-5-13/h9,11-14H,2-8,10H2,1H3/t12-,14+/m0/s1. The molecule has 6 heteroatoms. The molecule has 0 bridgehead atoms. The Labute approximate surface area is 141 Å². The number of piperidine rings is 2. The van der Waals surface area contributed by atoms with Gasteiger partial charge in [0.25, 0.3) is 5.91 Å². The lowest BCUT2D eigenvalue weighted by Crippen LogP contribution is -2.55. The van der Waals surface area contributed by atoms with Crippen LogP contribution in [0.3, 0.4) is 0 Å². The molecule has 1 aromatic rings. The van der Waals surface area contributed by atoms with Crippen molar-refractivity contribution in [1.29, 1.82) is 0 Å². The molecular weight excluding hydrogens is 308 g/mol. The minimum Gasteiger partial charge on any atom is -0.490 e. The fourth-order valence-electron chi connectivity index (χ4n) is 4.30. The molecule has 0 N–H and O–H groups in total. The number of ether oxygens (including phenoxy) is 1. The van der Waals surface area contributed by atoms with Gasteiger partial charge in [-0.05, 0) is 44.6 Å². The van der Waals surface area contributed by atoms with E-state index in [1.807, 2.05) is 4.90 Å². The van der Waals surface area contributed by atoms with Crippen molar-refractivity contribution in [3.8, 4) is 5.75 Å². The van der Waals surface area contributed by atoms with Gasteiger partial charge in [-0.1, -0.05) is 0 Å². The van der Waals surface area contributed by atoms with Crippen LogP contribution in [0.1, 0.15) is 42.7 Å². The number of hydrogen-bond donors (Lipinski definition) is 0. The molecule has 130 valence electrons. The minimum atomic E-state index is -0.320. The number of rotatable bonds is 3. The van der Waals surface area contributed by atoms with Gasteiger partial charge in [0.05, 0.1) is 7.11 Å². The van der Waals surface area contributed by atoms with Gasteiger partial charge in [0, 0.05) is 31.2 Å². The van der Waals surface area contributed by atoms with Crippen LogP contribution in [0.15, 0.2) is 21.5 Å². The van der Waals surface area contributed by atoms with Gasteiger partial charge in [0.15, 0.2) is 5.76 Å². The van der Waals surface area contributed by atoms with Gasteiger partial charge in [-0.2, -0.15) is 0 Å². The summed E-state index contributed by atoms with van der Waals surface area (Å²) in [5, 5.41) is 0.